The Balaban J connectivity index is 1.53. The van der Waals surface area contributed by atoms with E-state index in [-0.39, 0.29) is 6.61 Å². The molecule has 30 heavy (non-hydrogen) atoms. The molecule has 0 saturated carbocycles. The van der Waals surface area contributed by atoms with Crippen molar-refractivity contribution in [3.63, 3.8) is 0 Å². The van der Waals surface area contributed by atoms with Gasteiger partial charge in [-0.1, -0.05) is 29.8 Å². The van der Waals surface area contributed by atoms with Gasteiger partial charge in [-0.25, -0.2) is 0 Å². The number of aliphatic hydroxyl groups is 1. The number of nitrogens with zero attached hydrogens (tertiary/aromatic N) is 1. The summed E-state index contributed by atoms with van der Waals surface area (Å²) in [5, 5.41) is 11.2. The molecule has 1 aliphatic heterocycles. The molecule has 162 valence electrons. The average Bonchev–Trinajstić information content (AvgIpc) is 2.78. The lowest BCUT2D eigenvalue weighted by Crippen LogP contribution is -2.38. The second kappa shape index (κ2) is 10.6. The minimum absolute atomic E-state index is 0.170. The van der Waals surface area contributed by atoms with E-state index >= 15 is 0 Å². The lowest BCUT2D eigenvalue weighted by atomic mass is 9.99. The molecule has 1 aliphatic rings. The lowest BCUT2D eigenvalue weighted by Gasteiger charge is -2.28. The average molecular weight is 434 g/mol. The van der Waals surface area contributed by atoms with Crippen LogP contribution >= 0.6 is 11.6 Å². The van der Waals surface area contributed by atoms with Gasteiger partial charge in [0.05, 0.1) is 21.3 Å². The molecule has 0 aromatic heterocycles. The molecule has 6 nitrogen and oxygen atoms in total. The van der Waals surface area contributed by atoms with E-state index in [1.807, 2.05) is 24.3 Å². The molecule has 0 aliphatic carbocycles. The second-order valence-electron chi connectivity index (χ2n) is 7.07. The van der Waals surface area contributed by atoms with Crippen molar-refractivity contribution in [2.24, 2.45) is 0 Å². The molecule has 0 bridgehead atoms. The molecule has 2 aromatic rings. The topological polar surface area (TPSA) is 60.4 Å². The number of rotatable bonds is 9. The van der Waals surface area contributed by atoms with Gasteiger partial charge in [0.2, 0.25) is 5.75 Å². The van der Waals surface area contributed by atoms with E-state index in [9.17, 15) is 5.11 Å². The third kappa shape index (κ3) is 5.59. The molecule has 1 heterocycles. The molecule has 7 heteroatoms. The fourth-order valence-corrected chi connectivity index (χ4v) is 3.61. The molecule has 0 amide bonds. The number of β-amino-alcohol motifs (C(OH)–C–C–N with tert-alkyl or cyclic N) is 1. The summed E-state index contributed by atoms with van der Waals surface area (Å²) in [4.78, 5) is 2.21. The molecule has 0 fully saturated rings. The van der Waals surface area contributed by atoms with E-state index in [2.05, 4.69) is 11.0 Å². The number of benzene rings is 2. The monoisotopic (exact) mass is 433 g/mol. The zero-order chi connectivity index (χ0) is 21.5. The Bertz CT molecular complexity index is 843. The third-order valence-corrected chi connectivity index (χ3v) is 5.31. The highest BCUT2D eigenvalue weighted by Crippen LogP contribution is 2.40. The Labute approximate surface area is 182 Å². The highest BCUT2D eigenvalue weighted by molar-refractivity contribution is 6.30. The highest BCUT2D eigenvalue weighted by Gasteiger charge is 2.18. The van der Waals surface area contributed by atoms with Crippen LogP contribution in [0.3, 0.4) is 0 Å². The van der Waals surface area contributed by atoms with E-state index in [1.165, 1.54) is 11.1 Å². The summed E-state index contributed by atoms with van der Waals surface area (Å²) >= 11 is 5.97. The molecule has 3 rings (SSSR count). The van der Waals surface area contributed by atoms with E-state index in [0.717, 1.165) is 24.5 Å². The van der Waals surface area contributed by atoms with Gasteiger partial charge in [0, 0.05) is 36.8 Å². The van der Waals surface area contributed by atoms with Gasteiger partial charge in [-0.3, -0.25) is 4.90 Å². The Morgan fingerprint density at radius 1 is 1.03 bits per heavy atom. The first-order valence-electron chi connectivity index (χ1n) is 9.82. The van der Waals surface area contributed by atoms with Gasteiger partial charge in [0.25, 0.3) is 0 Å². The summed E-state index contributed by atoms with van der Waals surface area (Å²) in [6, 6.07) is 11.3. The molecule has 1 unspecified atom stereocenters. The maximum atomic E-state index is 10.4. The molecular formula is C23H28ClNO5. The zero-order valence-electron chi connectivity index (χ0n) is 17.6. The first-order valence-corrected chi connectivity index (χ1v) is 10.2. The summed E-state index contributed by atoms with van der Waals surface area (Å²) in [6.07, 6.45) is 2.52. The van der Waals surface area contributed by atoms with E-state index in [1.54, 1.807) is 33.5 Å². The van der Waals surface area contributed by atoms with Crippen molar-refractivity contribution >= 4 is 17.2 Å². The number of ether oxygens (including phenoxy) is 4. The van der Waals surface area contributed by atoms with E-state index in [0.29, 0.717) is 29.5 Å². The van der Waals surface area contributed by atoms with E-state index in [4.69, 9.17) is 30.5 Å². The summed E-state index contributed by atoms with van der Waals surface area (Å²) in [5.74, 6) is 2.08. The number of methoxy groups -OCH3 is 3. The van der Waals surface area contributed by atoms with Crippen molar-refractivity contribution in [3.05, 3.63) is 53.1 Å². The van der Waals surface area contributed by atoms with Crippen molar-refractivity contribution in [3.8, 4) is 23.0 Å². The Morgan fingerprint density at radius 2 is 1.70 bits per heavy atom. The molecule has 0 spiro atoms. The lowest BCUT2D eigenvalue weighted by molar-refractivity contribution is 0.0714. The van der Waals surface area contributed by atoms with Crippen LogP contribution in [0.25, 0.3) is 5.57 Å². The summed E-state index contributed by atoms with van der Waals surface area (Å²) < 4.78 is 21.7. The summed E-state index contributed by atoms with van der Waals surface area (Å²) in [5.41, 5.74) is 2.51. The first-order chi connectivity index (χ1) is 14.5. The van der Waals surface area contributed by atoms with Gasteiger partial charge in [-0.2, -0.15) is 0 Å². The van der Waals surface area contributed by atoms with Crippen LogP contribution in [0.5, 0.6) is 23.0 Å². The molecule has 2 aromatic carbocycles. The highest BCUT2D eigenvalue weighted by atomic mass is 35.5. The van der Waals surface area contributed by atoms with Gasteiger partial charge >= 0.3 is 0 Å². The number of halogens is 1. The number of aliphatic hydroxyl groups excluding tert-OH is 1. The van der Waals surface area contributed by atoms with Crippen LogP contribution in [0, 0.1) is 0 Å². The second-order valence-corrected chi connectivity index (χ2v) is 7.51. The predicted octanol–water partition coefficient (Wildman–Crippen LogP) is 3.89. The standard InChI is InChI=1S/C23H28ClNO5/c1-27-21-12-20(13-22(28-2)23(21)29-3)30-15-19(26)14-25-10-8-17(9-11-25)16-4-6-18(24)7-5-16/h4-8,12-13,19,26H,9-11,14-15H2,1-3H3. The van der Waals surface area contributed by atoms with E-state index < -0.39 is 6.10 Å². The van der Waals surface area contributed by atoms with Gasteiger partial charge in [-0.05, 0) is 29.7 Å². The van der Waals surface area contributed by atoms with Gasteiger partial charge in [0.15, 0.2) is 11.5 Å². The van der Waals surface area contributed by atoms with Gasteiger partial charge in [-0.15, -0.1) is 0 Å². The van der Waals surface area contributed by atoms with Crippen LogP contribution in [0.1, 0.15) is 12.0 Å². The van der Waals surface area contributed by atoms with Crippen LogP contribution in [-0.4, -0.2) is 63.7 Å². The smallest absolute Gasteiger partial charge is 0.203 e. The SMILES string of the molecule is COc1cc(OCC(O)CN2CC=C(c3ccc(Cl)cc3)CC2)cc(OC)c1OC. The predicted molar refractivity (Wildman–Crippen MR) is 118 cm³/mol. The Morgan fingerprint density at radius 3 is 2.23 bits per heavy atom. The zero-order valence-corrected chi connectivity index (χ0v) is 18.3. The fourth-order valence-electron chi connectivity index (χ4n) is 3.49. The molecule has 1 atom stereocenters. The fraction of sp³-hybridized carbons (Fsp3) is 0.391. The quantitative estimate of drug-likeness (QED) is 0.647. The van der Waals surface area contributed by atoms with Crippen LogP contribution < -0.4 is 18.9 Å². The minimum atomic E-state index is -0.616. The maximum absolute atomic E-state index is 10.4. The minimum Gasteiger partial charge on any atom is -0.493 e. The van der Waals surface area contributed by atoms with Crippen LogP contribution in [0.4, 0.5) is 0 Å². The molecule has 0 radical (unpaired) electrons. The van der Waals surface area contributed by atoms with Crippen molar-refractivity contribution in [1.82, 2.24) is 4.90 Å². The Kier molecular flexibility index (Phi) is 7.85. The summed E-state index contributed by atoms with van der Waals surface area (Å²) in [7, 11) is 4.66. The largest absolute Gasteiger partial charge is 0.493 e. The van der Waals surface area contributed by atoms with Gasteiger partial charge in [0.1, 0.15) is 18.5 Å². The van der Waals surface area contributed by atoms with Crippen LogP contribution in [0.2, 0.25) is 5.02 Å². The molecule has 1 N–H and O–H groups in total. The molecular weight excluding hydrogens is 406 g/mol. The van der Waals surface area contributed by atoms with Crippen LogP contribution in [-0.2, 0) is 0 Å². The maximum Gasteiger partial charge on any atom is 0.203 e. The van der Waals surface area contributed by atoms with Gasteiger partial charge < -0.3 is 24.1 Å². The normalized spacial score (nSPS) is 15.3. The van der Waals surface area contributed by atoms with Crippen molar-refractivity contribution < 1.29 is 24.1 Å². The van der Waals surface area contributed by atoms with Crippen molar-refractivity contribution in [1.29, 1.82) is 0 Å². The number of hydrogen-bond acceptors (Lipinski definition) is 6. The van der Waals surface area contributed by atoms with Crippen molar-refractivity contribution in [2.45, 2.75) is 12.5 Å². The first kappa shape index (κ1) is 22.3. The van der Waals surface area contributed by atoms with Crippen molar-refractivity contribution in [2.75, 3.05) is 47.6 Å². The summed E-state index contributed by atoms with van der Waals surface area (Å²) in [6.45, 7) is 2.38. The molecule has 0 saturated heterocycles. The number of hydrogen-bond donors (Lipinski definition) is 1. The van der Waals surface area contributed by atoms with Crippen LogP contribution in [0.15, 0.2) is 42.5 Å². The third-order valence-electron chi connectivity index (χ3n) is 5.06. The Hall–Kier alpha value is -2.41.